The van der Waals surface area contributed by atoms with Gasteiger partial charge in [-0.15, -0.1) is 0 Å². The van der Waals surface area contributed by atoms with Gasteiger partial charge in [0, 0.05) is 38.3 Å². The summed E-state index contributed by atoms with van der Waals surface area (Å²) in [5.74, 6) is -0.434. The molecule has 0 fully saturated rings. The lowest BCUT2D eigenvalue weighted by molar-refractivity contribution is -0.142. The molecule has 2 amide bonds. The third kappa shape index (κ3) is 4.72. The van der Waals surface area contributed by atoms with Gasteiger partial charge in [0.05, 0.1) is 12.0 Å². The number of carbonyl (C=O) groups excluding carboxylic acids is 2. The fraction of sp³-hybridized carbons (Fsp3) is 0.320. The molecule has 1 aliphatic rings. The molecule has 0 aliphatic carbocycles. The molecule has 32 heavy (non-hydrogen) atoms. The second-order valence-electron chi connectivity index (χ2n) is 8.58. The Labute approximate surface area is 187 Å². The maximum atomic E-state index is 14.5. The maximum absolute atomic E-state index is 14.5. The number of amides is 2. The second kappa shape index (κ2) is 9.34. The quantitative estimate of drug-likeness (QED) is 0.644. The van der Waals surface area contributed by atoms with Crippen molar-refractivity contribution in [3.05, 3.63) is 83.7 Å². The summed E-state index contributed by atoms with van der Waals surface area (Å²) in [5.41, 5.74) is 3.20. The first-order chi connectivity index (χ1) is 15.4. The average molecular weight is 435 g/mol. The summed E-state index contributed by atoms with van der Waals surface area (Å²) in [5, 5.41) is 2.90. The number of nitrogens with zero attached hydrogens (tertiary/aromatic N) is 3. The van der Waals surface area contributed by atoms with Gasteiger partial charge in [-0.05, 0) is 34.7 Å². The van der Waals surface area contributed by atoms with Crippen molar-refractivity contribution >= 4 is 11.8 Å². The standard InChI is InChI=1S/C25H27FN4O2/c1-17(2)11-24(31)30-15-20-6-4-3-5-19(20)13-23(30)25(32)28-14-18-7-8-22(21(26)12-18)29-10-9-27-16-29/h3-10,12,16-17,23H,11,13-15H2,1-2H3,(H,28,32). The van der Waals surface area contributed by atoms with E-state index in [9.17, 15) is 14.0 Å². The van der Waals surface area contributed by atoms with E-state index < -0.39 is 11.9 Å². The van der Waals surface area contributed by atoms with Crippen LogP contribution in [0, 0.1) is 11.7 Å². The third-order valence-corrected chi connectivity index (χ3v) is 5.72. The Hall–Kier alpha value is -3.48. The Morgan fingerprint density at radius 1 is 1.19 bits per heavy atom. The minimum atomic E-state index is -0.578. The van der Waals surface area contributed by atoms with Crippen LogP contribution in [0.3, 0.4) is 0 Å². The van der Waals surface area contributed by atoms with Gasteiger partial charge in [0.2, 0.25) is 11.8 Å². The molecule has 0 saturated carbocycles. The number of nitrogens with one attached hydrogen (secondary N) is 1. The normalized spacial score (nSPS) is 15.5. The molecule has 3 aromatic rings. The summed E-state index contributed by atoms with van der Waals surface area (Å²) in [6.07, 6.45) is 5.65. The molecule has 2 heterocycles. The van der Waals surface area contributed by atoms with E-state index in [1.54, 1.807) is 34.0 Å². The highest BCUT2D eigenvalue weighted by Gasteiger charge is 2.34. The van der Waals surface area contributed by atoms with Crippen molar-refractivity contribution in [2.45, 2.75) is 45.8 Å². The predicted octanol–water partition coefficient (Wildman–Crippen LogP) is 3.63. The minimum absolute atomic E-state index is 0.0228. The van der Waals surface area contributed by atoms with Crippen LogP contribution in [0.2, 0.25) is 0 Å². The van der Waals surface area contributed by atoms with E-state index in [1.807, 2.05) is 38.1 Å². The van der Waals surface area contributed by atoms with Crippen LogP contribution >= 0.6 is 0 Å². The number of hydrogen-bond acceptors (Lipinski definition) is 3. The van der Waals surface area contributed by atoms with Crippen LogP contribution < -0.4 is 5.32 Å². The first kappa shape index (κ1) is 21.7. The summed E-state index contributed by atoms with van der Waals surface area (Å²) in [4.78, 5) is 31.6. The zero-order chi connectivity index (χ0) is 22.7. The predicted molar refractivity (Wildman–Crippen MR) is 119 cm³/mol. The molecule has 0 saturated heterocycles. The number of imidazole rings is 1. The van der Waals surface area contributed by atoms with Crippen LogP contribution in [-0.2, 0) is 29.1 Å². The molecule has 0 radical (unpaired) electrons. The van der Waals surface area contributed by atoms with Gasteiger partial charge in [0.1, 0.15) is 11.9 Å². The van der Waals surface area contributed by atoms with Gasteiger partial charge in [-0.25, -0.2) is 9.37 Å². The Bertz CT molecular complexity index is 1110. The molecular weight excluding hydrogens is 407 g/mol. The van der Waals surface area contributed by atoms with E-state index in [0.717, 1.165) is 11.1 Å². The number of rotatable bonds is 6. The second-order valence-corrected chi connectivity index (χ2v) is 8.58. The smallest absolute Gasteiger partial charge is 0.243 e. The van der Waals surface area contributed by atoms with Crippen LogP contribution in [0.1, 0.15) is 37.0 Å². The molecule has 2 aromatic carbocycles. The molecule has 0 spiro atoms. The summed E-state index contributed by atoms with van der Waals surface area (Å²) < 4.78 is 16.1. The fourth-order valence-electron chi connectivity index (χ4n) is 4.06. The lowest BCUT2D eigenvalue weighted by Gasteiger charge is -2.36. The van der Waals surface area contributed by atoms with Gasteiger partial charge in [0.25, 0.3) is 0 Å². The summed E-state index contributed by atoms with van der Waals surface area (Å²) in [6, 6.07) is 12.2. The van der Waals surface area contributed by atoms with Crippen LogP contribution in [0.4, 0.5) is 4.39 Å². The molecular formula is C25H27FN4O2. The Morgan fingerprint density at radius 2 is 1.97 bits per heavy atom. The molecule has 7 heteroatoms. The van der Waals surface area contributed by atoms with Crippen LogP contribution in [0.5, 0.6) is 0 Å². The number of fused-ring (bicyclic) bond motifs is 1. The molecule has 166 valence electrons. The topological polar surface area (TPSA) is 67.2 Å². The largest absolute Gasteiger partial charge is 0.350 e. The Kier molecular flexibility index (Phi) is 6.35. The molecule has 1 N–H and O–H groups in total. The van der Waals surface area contributed by atoms with Gasteiger partial charge in [-0.2, -0.15) is 0 Å². The lowest BCUT2D eigenvalue weighted by Crippen LogP contribution is -2.52. The highest BCUT2D eigenvalue weighted by atomic mass is 19.1. The van der Waals surface area contributed by atoms with Crippen molar-refractivity contribution in [2.75, 3.05) is 0 Å². The monoisotopic (exact) mass is 434 g/mol. The van der Waals surface area contributed by atoms with Gasteiger partial charge in [-0.1, -0.05) is 44.2 Å². The number of hydrogen-bond donors (Lipinski definition) is 1. The van der Waals surface area contributed by atoms with Crippen molar-refractivity contribution in [1.82, 2.24) is 19.8 Å². The number of aromatic nitrogens is 2. The summed E-state index contributed by atoms with van der Waals surface area (Å²) >= 11 is 0. The van der Waals surface area contributed by atoms with Crippen molar-refractivity contribution < 1.29 is 14.0 Å². The van der Waals surface area contributed by atoms with Gasteiger partial charge in [0.15, 0.2) is 0 Å². The highest BCUT2D eigenvalue weighted by Crippen LogP contribution is 2.25. The zero-order valence-electron chi connectivity index (χ0n) is 18.3. The highest BCUT2D eigenvalue weighted by molar-refractivity contribution is 5.88. The van der Waals surface area contributed by atoms with E-state index in [1.165, 1.54) is 12.4 Å². The van der Waals surface area contributed by atoms with E-state index in [0.29, 0.717) is 30.6 Å². The molecule has 1 aliphatic heterocycles. The number of benzene rings is 2. The summed E-state index contributed by atoms with van der Waals surface area (Å²) in [6.45, 7) is 4.60. The van der Waals surface area contributed by atoms with E-state index in [-0.39, 0.29) is 24.3 Å². The van der Waals surface area contributed by atoms with Crippen molar-refractivity contribution in [2.24, 2.45) is 5.92 Å². The van der Waals surface area contributed by atoms with Crippen LogP contribution in [0.25, 0.3) is 5.69 Å². The zero-order valence-corrected chi connectivity index (χ0v) is 18.3. The Balaban J connectivity index is 1.48. The van der Waals surface area contributed by atoms with Gasteiger partial charge < -0.3 is 14.8 Å². The van der Waals surface area contributed by atoms with Crippen molar-refractivity contribution in [1.29, 1.82) is 0 Å². The number of carbonyl (C=O) groups is 2. The van der Waals surface area contributed by atoms with Gasteiger partial charge in [-0.3, -0.25) is 9.59 Å². The fourth-order valence-corrected chi connectivity index (χ4v) is 4.06. The lowest BCUT2D eigenvalue weighted by atomic mass is 9.92. The molecule has 0 bridgehead atoms. The summed E-state index contributed by atoms with van der Waals surface area (Å²) in [7, 11) is 0. The van der Waals surface area contributed by atoms with E-state index >= 15 is 0 Å². The van der Waals surface area contributed by atoms with Crippen molar-refractivity contribution in [3.8, 4) is 5.69 Å². The first-order valence-electron chi connectivity index (χ1n) is 10.8. The first-order valence-corrected chi connectivity index (χ1v) is 10.8. The van der Waals surface area contributed by atoms with E-state index in [4.69, 9.17) is 0 Å². The van der Waals surface area contributed by atoms with Crippen molar-refractivity contribution in [3.63, 3.8) is 0 Å². The minimum Gasteiger partial charge on any atom is -0.350 e. The van der Waals surface area contributed by atoms with Crippen LogP contribution in [0.15, 0.2) is 61.2 Å². The molecule has 6 nitrogen and oxygen atoms in total. The maximum Gasteiger partial charge on any atom is 0.243 e. The average Bonchev–Trinajstić information content (AvgIpc) is 3.30. The molecule has 1 aromatic heterocycles. The molecule has 4 rings (SSSR count). The number of halogens is 1. The molecule has 1 unspecified atom stereocenters. The molecule has 1 atom stereocenters. The van der Waals surface area contributed by atoms with E-state index in [2.05, 4.69) is 10.3 Å². The van der Waals surface area contributed by atoms with Gasteiger partial charge >= 0.3 is 0 Å². The SMILES string of the molecule is CC(C)CC(=O)N1Cc2ccccc2CC1C(=O)NCc1ccc(-n2ccnc2)c(F)c1. The van der Waals surface area contributed by atoms with Crippen LogP contribution in [-0.4, -0.2) is 32.3 Å². The Morgan fingerprint density at radius 3 is 2.66 bits per heavy atom. The third-order valence-electron chi connectivity index (χ3n) is 5.72.